The highest BCUT2D eigenvalue weighted by atomic mass is 32.2. The maximum atomic E-state index is 13.7. The van der Waals surface area contributed by atoms with Crippen LogP contribution < -0.4 is 5.56 Å². The number of rotatable bonds is 6. The van der Waals surface area contributed by atoms with Crippen molar-refractivity contribution in [3.05, 3.63) is 45.5 Å². The number of aromatic amines is 1. The van der Waals surface area contributed by atoms with E-state index in [2.05, 4.69) is 9.97 Å². The molecule has 1 N–H and O–H groups in total. The fourth-order valence-corrected chi connectivity index (χ4v) is 2.49. The van der Waals surface area contributed by atoms with E-state index in [4.69, 9.17) is 4.74 Å². The summed E-state index contributed by atoms with van der Waals surface area (Å²) < 4.78 is 19.3. The molecule has 0 fully saturated rings. The Kier molecular flexibility index (Phi) is 6.12. The van der Waals surface area contributed by atoms with Crippen molar-refractivity contribution in [3.8, 4) is 17.3 Å². The molecule has 1 atom stereocenters. The van der Waals surface area contributed by atoms with Crippen LogP contribution in [0.25, 0.3) is 11.3 Å². The van der Waals surface area contributed by atoms with Gasteiger partial charge in [0.1, 0.15) is 17.4 Å². The molecule has 0 radical (unpaired) electrons. The van der Waals surface area contributed by atoms with Crippen LogP contribution in [0.4, 0.5) is 4.39 Å². The Bertz CT molecular complexity index is 830. The molecule has 0 saturated carbocycles. The highest BCUT2D eigenvalue weighted by Crippen LogP contribution is 2.27. The van der Waals surface area contributed by atoms with Gasteiger partial charge in [0, 0.05) is 5.56 Å². The summed E-state index contributed by atoms with van der Waals surface area (Å²) in [5.74, 6) is -0.407. The molecular formula is C17H18FN3O2S. The average Bonchev–Trinajstić information content (AvgIpc) is 2.58. The maximum absolute atomic E-state index is 13.7. The highest BCUT2D eigenvalue weighted by molar-refractivity contribution is 7.98. The molecule has 2 rings (SSSR count). The third kappa shape index (κ3) is 4.02. The summed E-state index contributed by atoms with van der Waals surface area (Å²) >= 11 is 1.26. The van der Waals surface area contributed by atoms with Gasteiger partial charge in [-0.1, -0.05) is 18.7 Å². The van der Waals surface area contributed by atoms with E-state index in [1.54, 1.807) is 6.26 Å². The molecule has 24 heavy (non-hydrogen) atoms. The second-order valence-corrected chi connectivity index (χ2v) is 6.04. The monoisotopic (exact) mass is 347 g/mol. The van der Waals surface area contributed by atoms with Crippen LogP contribution in [0.2, 0.25) is 0 Å². The number of thioether (sulfide) groups is 1. The van der Waals surface area contributed by atoms with E-state index in [0.717, 1.165) is 6.42 Å². The number of aromatic nitrogens is 2. The van der Waals surface area contributed by atoms with Crippen LogP contribution in [0.3, 0.4) is 0 Å². The molecule has 1 aromatic carbocycles. The van der Waals surface area contributed by atoms with Crippen LogP contribution in [-0.4, -0.2) is 22.3 Å². The quantitative estimate of drug-likeness (QED) is 0.639. The molecule has 126 valence electrons. The summed E-state index contributed by atoms with van der Waals surface area (Å²) in [6, 6.07) is 6.04. The van der Waals surface area contributed by atoms with Crippen LogP contribution in [0.15, 0.2) is 28.2 Å². The van der Waals surface area contributed by atoms with Crippen LogP contribution >= 0.6 is 11.8 Å². The van der Waals surface area contributed by atoms with E-state index in [1.807, 2.05) is 19.9 Å². The van der Waals surface area contributed by atoms with Crippen LogP contribution in [-0.2, 0) is 11.3 Å². The van der Waals surface area contributed by atoms with Crippen LogP contribution in [0, 0.1) is 17.1 Å². The largest absolute Gasteiger partial charge is 0.374 e. The molecule has 0 aliphatic carbocycles. The number of nitrogens with zero attached hydrogens (tertiary/aromatic N) is 2. The van der Waals surface area contributed by atoms with E-state index in [0.29, 0.717) is 16.3 Å². The molecular weight excluding hydrogens is 329 g/mol. The minimum absolute atomic E-state index is 0.0189. The van der Waals surface area contributed by atoms with Gasteiger partial charge in [0.2, 0.25) is 0 Å². The van der Waals surface area contributed by atoms with Crippen molar-refractivity contribution in [1.82, 2.24) is 9.97 Å². The third-order valence-corrected chi connectivity index (χ3v) is 4.20. The molecule has 5 nitrogen and oxygen atoms in total. The van der Waals surface area contributed by atoms with E-state index >= 15 is 0 Å². The van der Waals surface area contributed by atoms with Gasteiger partial charge in [-0.05, 0) is 43.4 Å². The zero-order valence-corrected chi connectivity index (χ0v) is 14.5. The summed E-state index contributed by atoms with van der Waals surface area (Å²) in [5, 5.41) is 9.70. The summed E-state index contributed by atoms with van der Waals surface area (Å²) in [4.78, 5) is 19.0. The molecule has 7 heteroatoms. The first-order valence-electron chi connectivity index (χ1n) is 7.48. The van der Waals surface area contributed by atoms with Gasteiger partial charge in [0.05, 0.1) is 18.4 Å². The minimum Gasteiger partial charge on any atom is -0.374 e. The standard InChI is InChI=1S/C17H18FN3O2S/c1-4-10(2)23-9-11-7-12(18)5-6-13(11)15-14(8-19)16(22)21-17(20-15)24-3/h5-7,10H,4,9H2,1-3H3,(H,20,21,22). The Morgan fingerprint density at radius 1 is 1.50 bits per heavy atom. The van der Waals surface area contributed by atoms with E-state index in [1.165, 1.54) is 30.0 Å². The van der Waals surface area contributed by atoms with Crippen molar-refractivity contribution in [2.45, 2.75) is 38.1 Å². The number of hydrogen-bond acceptors (Lipinski definition) is 5. The number of halogens is 1. The molecule has 2 aromatic rings. The summed E-state index contributed by atoms with van der Waals surface area (Å²) in [7, 11) is 0. The Hall–Kier alpha value is -2.17. The van der Waals surface area contributed by atoms with Crippen LogP contribution in [0.5, 0.6) is 0 Å². The molecule has 0 saturated heterocycles. The Balaban J connectivity index is 2.58. The molecule has 1 unspecified atom stereocenters. The number of benzene rings is 1. The fraction of sp³-hybridized carbons (Fsp3) is 0.353. The Morgan fingerprint density at radius 3 is 2.88 bits per heavy atom. The lowest BCUT2D eigenvalue weighted by molar-refractivity contribution is 0.0509. The second-order valence-electron chi connectivity index (χ2n) is 5.24. The van der Waals surface area contributed by atoms with Gasteiger partial charge in [-0.3, -0.25) is 4.79 Å². The second kappa shape index (κ2) is 8.08. The summed E-state index contributed by atoms with van der Waals surface area (Å²) in [6.45, 7) is 4.10. The highest BCUT2D eigenvalue weighted by Gasteiger charge is 2.17. The van der Waals surface area contributed by atoms with E-state index < -0.39 is 11.4 Å². The Morgan fingerprint density at radius 2 is 2.25 bits per heavy atom. The van der Waals surface area contributed by atoms with E-state index in [9.17, 15) is 14.4 Å². The predicted octanol–water partition coefficient (Wildman–Crippen LogP) is 3.48. The zero-order valence-electron chi connectivity index (χ0n) is 13.7. The zero-order chi connectivity index (χ0) is 17.7. The summed E-state index contributed by atoms with van der Waals surface area (Å²) in [5.41, 5.74) is 0.720. The van der Waals surface area contributed by atoms with Crippen molar-refractivity contribution in [2.75, 3.05) is 6.26 Å². The fourth-order valence-electron chi connectivity index (χ4n) is 2.11. The molecule has 1 heterocycles. The van der Waals surface area contributed by atoms with Gasteiger partial charge < -0.3 is 9.72 Å². The van der Waals surface area contributed by atoms with Gasteiger partial charge in [0.15, 0.2) is 5.16 Å². The SMILES string of the molecule is CCC(C)OCc1cc(F)ccc1-c1nc(SC)[nH]c(=O)c1C#N. The lowest BCUT2D eigenvalue weighted by atomic mass is 10.0. The lowest BCUT2D eigenvalue weighted by Gasteiger charge is -2.14. The first kappa shape index (κ1) is 18.2. The normalized spacial score (nSPS) is 12.0. The molecule has 0 bridgehead atoms. The van der Waals surface area contributed by atoms with Gasteiger partial charge in [0.25, 0.3) is 5.56 Å². The van der Waals surface area contributed by atoms with Crippen molar-refractivity contribution in [2.24, 2.45) is 0 Å². The van der Waals surface area contributed by atoms with Crippen molar-refractivity contribution >= 4 is 11.8 Å². The van der Waals surface area contributed by atoms with E-state index in [-0.39, 0.29) is 24.0 Å². The predicted molar refractivity (Wildman–Crippen MR) is 91.3 cm³/mol. The molecule has 0 amide bonds. The van der Waals surface area contributed by atoms with Gasteiger partial charge in [-0.15, -0.1) is 0 Å². The summed E-state index contributed by atoms with van der Waals surface area (Å²) in [6.07, 6.45) is 2.62. The third-order valence-electron chi connectivity index (χ3n) is 3.62. The van der Waals surface area contributed by atoms with Crippen LogP contribution in [0.1, 0.15) is 31.4 Å². The molecule has 0 aliphatic rings. The van der Waals surface area contributed by atoms with Gasteiger partial charge >= 0.3 is 0 Å². The topological polar surface area (TPSA) is 78.8 Å². The molecule has 0 aliphatic heterocycles. The number of nitrogens with one attached hydrogen (secondary N) is 1. The smallest absolute Gasteiger partial charge is 0.270 e. The van der Waals surface area contributed by atoms with Crippen molar-refractivity contribution in [3.63, 3.8) is 0 Å². The first-order chi connectivity index (χ1) is 11.5. The molecule has 0 spiro atoms. The average molecular weight is 347 g/mol. The van der Waals surface area contributed by atoms with Crippen molar-refractivity contribution in [1.29, 1.82) is 5.26 Å². The number of hydrogen-bond donors (Lipinski definition) is 1. The Labute approximate surface area is 143 Å². The number of ether oxygens (including phenoxy) is 1. The maximum Gasteiger partial charge on any atom is 0.270 e. The van der Waals surface area contributed by atoms with Crippen molar-refractivity contribution < 1.29 is 9.13 Å². The number of H-pyrrole nitrogens is 1. The van der Waals surface area contributed by atoms with Gasteiger partial charge in [-0.2, -0.15) is 5.26 Å². The van der Waals surface area contributed by atoms with Gasteiger partial charge in [-0.25, -0.2) is 9.37 Å². The number of nitriles is 1. The molecule has 1 aromatic heterocycles. The minimum atomic E-state index is -0.509. The lowest BCUT2D eigenvalue weighted by Crippen LogP contribution is -2.15. The first-order valence-corrected chi connectivity index (χ1v) is 8.71.